The molecule has 1 unspecified atom stereocenters. The minimum Gasteiger partial charge on any atom is -0.381 e. The Labute approximate surface area is 125 Å². The van der Waals surface area contributed by atoms with Gasteiger partial charge in [-0.05, 0) is 37.3 Å². The molecular weight excluding hydrogens is 264 g/mol. The molecule has 0 spiro atoms. The highest BCUT2D eigenvalue weighted by Crippen LogP contribution is 2.20. The zero-order chi connectivity index (χ0) is 14.5. The van der Waals surface area contributed by atoms with Crippen LogP contribution in [0.4, 0.5) is 5.82 Å². The number of hydrogen-bond acceptors (Lipinski definition) is 5. The third-order valence-corrected chi connectivity index (χ3v) is 4.40. The molecular formula is C16H22N4O. The summed E-state index contributed by atoms with van der Waals surface area (Å²) in [5.74, 6) is 1.44. The van der Waals surface area contributed by atoms with E-state index in [1.165, 1.54) is 13.0 Å². The molecule has 0 amide bonds. The van der Waals surface area contributed by atoms with Crippen molar-refractivity contribution in [1.29, 1.82) is 5.26 Å². The van der Waals surface area contributed by atoms with Gasteiger partial charge in [0.25, 0.3) is 0 Å². The Balaban J connectivity index is 1.48. The summed E-state index contributed by atoms with van der Waals surface area (Å²) in [5, 5.41) is 12.5. The Morgan fingerprint density at radius 1 is 1.38 bits per heavy atom. The van der Waals surface area contributed by atoms with Crippen molar-refractivity contribution in [1.82, 2.24) is 9.88 Å². The summed E-state index contributed by atoms with van der Waals surface area (Å²) < 4.78 is 5.45. The van der Waals surface area contributed by atoms with Crippen LogP contribution in [0.3, 0.4) is 0 Å². The van der Waals surface area contributed by atoms with E-state index in [1.54, 1.807) is 12.3 Å². The number of rotatable bonds is 4. The Morgan fingerprint density at radius 2 is 2.24 bits per heavy atom. The number of nitrogens with zero attached hydrogens (tertiary/aromatic N) is 3. The molecule has 0 saturated carbocycles. The van der Waals surface area contributed by atoms with Gasteiger partial charge in [-0.25, -0.2) is 4.98 Å². The molecule has 5 nitrogen and oxygen atoms in total. The SMILES string of the molecule is N#Cc1cccnc1NC1CCN(CC2CCOC2)CC1. The van der Waals surface area contributed by atoms with E-state index >= 15 is 0 Å². The maximum Gasteiger partial charge on any atom is 0.144 e. The highest BCUT2D eigenvalue weighted by Gasteiger charge is 2.24. The first kappa shape index (κ1) is 14.3. The topological polar surface area (TPSA) is 61.2 Å². The van der Waals surface area contributed by atoms with Crippen LogP contribution >= 0.6 is 0 Å². The maximum atomic E-state index is 9.10. The summed E-state index contributed by atoms with van der Waals surface area (Å²) in [4.78, 5) is 6.82. The highest BCUT2D eigenvalue weighted by molar-refractivity contribution is 5.51. The largest absolute Gasteiger partial charge is 0.381 e. The average Bonchev–Trinajstić information content (AvgIpc) is 3.03. The lowest BCUT2D eigenvalue weighted by atomic mass is 10.0. The summed E-state index contributed by atoms with van der Waals surface area (Å²) in [5.41, 5.74) is 0.628. The molecule has 2 aliphatic rings. The van der Waals surface area contributed by atoms with Gasteiger partial charge in [-0.2, -0.15) is 5.26 Å². The van der Waals surface area contributed by atoms with Crippen molar-refractivity contribution in [2.75, 3.05) is 38.2 Å². The molecule has 1 atom stereocenters. The van der Waals surface area contributed by atoms with Gasteiger partial charge in [-0.15, -0.1) is 0 Å². The number of ether oxygens (including phenoxy) is 1. The Bertz CT molecular complexity index is 499. The van der Waals surface area contributed by atoms with E-state index in [0.717, 1.165) is 50.9 Å². The van der Waals surface area contributed by atoms with Crippen molar-refractivity contribution in [3.63, 3.8) is 0 Å². The first-order valence-corrected chi connectivity index (χ1v) is 7.77. The van der Waals surface area contributed by atoms with E-state index in [4.69, 9.17) is 10.00 Å². The van der Waals surface area contributed by atoms with Crippen LogP contribution in [0.5, 0.6) is 0 Å². The fourth-order valence-corrected chi connectivity index (χ4v) is 3.16. The van der Waals surface area contributed by atoms with Gasteiger partial charge in [0.1, 0.15) is 11.9 Å². The zero-order valence-corrected chi connectivity index (χ0v) is 12.3. The van der Waals surface area contributed by atoms with E-state index < -0.39 is 0 Å². The quantitative estimate of drug-likeness (QED) is 0.915. The third kappa shape index (κ3) is 3.72. The summed E-state index contributed by atoms with van der Waals surface area (Å²) in [6, 6.07) is 6.22. The van der Waals surface area contributed by atoms with Crippen molar-refractivity contribution in [3.05, 3.63) is 23.9 Å². The minimum absolute atomic E-state index is 0.420. The van der Waals surface area contributed by atoms with E-state index in [9.17, 15) is 0 Å². The fourth-order valence-electron chi connectivity index (χ4n) is 3.16. The number of likely N-dealkylation sites (tertiary alicyclic amines) is 1. The summed E-state index contributed by atoms with van der Waals surface area (Å²) >= 11 is 0. The van der Waals surface area contributed by atoms with Crippen LogP contribution in [0, 0.1) is 17.2 Å². The average molecular weight is 286 g/mol. The van der Waals surface area contributed by atoms with Gasteiger partial charge >= 0.3 is 0 Å². The molecule has 0 aliphatic carbocycles. The molecule has 0 aromatic carbocycles. The standard InChI is InChI=1S/C16H22N4O/c17-10-14-2-1-6-18-16(14)19-15-3-7-20(8-4-15)11-13-5-9-21-12-13/h1-2,6,13,15H,3-5,7-9,11-12H2,(H,18,19). The second-order valence-electron chi connectivity index (χ2n) is 5.96. The van der Waals surface area contributed by atoms with E-state index in [-0.39, 0.29) is 0 Å². The van der Waals surface area contributed by atoms with Crippen molar-refractivity contribution in [2.45, 2.75) is 25.3 Å². The van der Waals surface area contributed by atoms with Crippen LogP contribution in [0.1, 0.15) is 24.8 Å². The van der Waals surface area contributed by atoms with Crippen molar-refractivity contribution < 1.29 is 4.74 Å². The lowest BCUT2D eigenvalue weighted by Gasteiger charge is -2.33. The number of aromatic nitrogens is 1. The van der Waals surface area contributed by atoms with Gasteiger partial charge in [0.2, 0.25) is 0 Å². The normalized spacial score (nSPS) is 23.9. The Kier molecular flexibility index (Phi) is 4.69. The lowest BCUT2D eigenvalue weighted by Crippen LogP contribution is -2.41. The van der Waals surface area contributed by atoms with Crippen LogP contribution in [-0.2, 0) is 4.74 Å². The van der Waals surface area contributed by atoms with Gasteiger partial charge in [-0.3, -0.25) is 0 Å². The van der Waals surface area contributed by atoms with E-state index in [0.29, 0.717) is 11.6 Å². The van der Waals surface area contributed by atoms with Gasteiger partial charge < -0.3 is 15.0 Å². The van der Waals surface area contributed by atoms with Crippen LogP contribution in [0.25, 0.3) is 0 Å². The number of hydrogen-bond donors (Lipinski definition) is 1. The number of nitriles is 1. The third-order valence-electron chi connectivity index (χ3n) is 4.40. The zero-order valence-electron chi connectivity index (χ0n) is 12.3. The Morgan fingerprint density at radius 3 is 2.95 bits per heavy atom. The van der Waals surface area contributed by atoms with Gasteiger partial charge in [0.15, 0.2) is 0 Å². The van der Waals surface area contributed by atoms with E-state index in [2.05, 4.69) is 21.3 Å². The van der Waals surface area contributed by atoms with Crippen LogP contribution in [-0.4, -0.2) is 48.8 Å². The van der Waals surface area contributed by atoms with Crippen molar-refractivity contribution in [2.24, 2.45) is 5.92 Å². The lowest BCUT2D eigenvalue weighted by molar-refractivity contribution is 0.154. The number of nitrogens with one attached hydrogen (secondary N) is 1. The molecule has 2 fully saturated rings. The number of anilines is 1. The monoisotopic (exact) mass is 286 g/mol. The molecule has 0 bridgehead atoms. The molecule has 3 rings (SSSR count). The van der Waals surface area contributed by atoms with Gasteiger partial charge in [0, 0.05) is 38.5 Å². The molecule has 2 aliphatic heterocycles. The number of piperidine rings is 1. The van der Waals surface area contributed by atoms with Crippen molar-refractivity contribution in [3.8, 4) is 6.07 Å². The van der Waals surface area contributed by atoms with Crippen LogP contribution in [0.2, 0.25) is 0 Å². The Hall–Kier alpha value is -1.64. The summed E-state index contributed by atoms with van der Waals surface area (Å²) in [6.45, 7) is 5.25. The molecule has 2 saturated heterocycles. The predicted molar refractivity (Wildman–Crippen MR) is 81.0 cm³/mol. The first-order chi connectivity index (χ1) is 10.3. The fraction of sp³-hybridized carbons (Fsp3) is 0.625. The number of pyridine rings is 1. The summed E-state index contributed by atoms with van der Waals surface area (Å²) in [6.07, 6.45) is 5.15. The van der Waals surface area contributed by atoms with Gasteiger partial charge in [0.05, 0.1) is 12.2 Å². The molecule has 1 N–H and O–H groups in total. The smallest absolute Gasteiger partial charge is 0.144 e. The van der Waals surface area contributed by atoms with E-state index in [1.807, 2.05) is 6.07 Å². The second-order valence-corrected chi connectivity index (χ2v) is 5.96. The molecule has 21 heavy (non-hydrogen) atoms. The minimum atomic E-state index is 0.420. The highest BCUT2D eigenvalue weighted by atomic mass is 16.5. The molecule has 5 heteroatoms. The molecule has 0 radical (unpaired) electrons. The predicted octanol–water partition coefficient (Wildman–Crippen LogP) is 1.87. The molecule has 3 heterocycles. The van der Waals surface area contributed by atoms with Gasteiger partial charge in [-0.1, -0.05) is 0 Å². The first-order valence-electron chi connectivity index (χ1n) is 7.77. The molecule has 1 aromatic rings. The van der Waals surface area contributed by atoms with Crippen LogP contribution < -0.4 is 5.32 Å². The van der Waals surface area contributed by atoms with Crippen molar-refractivity contribution >= 4 is 5.82 Å². The van der Waals surface area contributed by atoms with Crippen LogP contribution in [0.15, 0.2) is 18.3 Å². The second kappa shape index (κ2) is 6.88. The summed E-state index contributed by atoms with van der Waals surface area (Å²) in [7, 11) is 0. The molecule has 112 valence electrons. The molecule has 1 aromatic heterocycles. The maximum absolute atomic E-state index is 9.10.